The van der Waals surface area contributed by atoms with Crippen LogP contribution in [0, 0.1) is 29.6 Å². The molecule has 3 aromatic carbocycles. The first-order chi connectivity index (χ1) is 18.0. The maximum Gasteiger partial charge on any atom is 0.0995 e. The van der Waals surface area contributed by atoms with Gasteiger partial charge in [0.1, 0.15) is 0 Å². The number of benzene rings is 3. The van der Waals surface area contributed by atoms with E-state index < -0.39 is 0 Å². The van der Waals surface area contributed by atoms with Crippen molar-refractivity contribution in [3.05, 3.63) is 82.0 Å². The summed E-state index contributed by atoms with van der Waals surface area (Å²) >= 11 is 0. The molecule has 0 fully saturated rings. The number of aryl methyl sites for hydroxylation is 1. The van der Waals surface area contributed by atoms with E-state index in [-0.39, 0.29) is 0 Å². The second kappa shape index (κ2) is 7.56. The predicted octanol–water partition coefficient (Wildman–Crippen LogP) is 7.44. The number of rotatable bonds is 2. The van der Waals surface area contributed by atoms with Gasteiger partial charge in [0.05, 0.1) is 51.4 Å². The minimum Gasteiger partial charge on any atom is -0.252 e. The minimum absolute atomic E-state index is 0.627. The fourth-order valence-corrected chi connectivity index (χ4v) is 5.93. The van der Waals surface area contributed by atoms with E-state index >= 15 is 0 Å². The molecule has 5 nitrogen and oxygen atoms in total. The Morgan fingerprint density at radius 2 is 1.51 bits per heavy atom. The van der Waals surface area contributed by atoms with Crippen LogP contribution in [0.1, 0.15) is 48.9 Å². The molecule has 0 radical (unpaired) electrons. The van der Waals surface area contributed by atoms with Gasteiger partial charge in [-0.05, 0) is 60.8 Å². The lowest BCUT2D eigenvalue weighted by molar-refractivity contribution is 1.24. The molecule has 5 heteroatoms. The topological polar surface area (TPSA) is 85.7 Å². The number of hydrogen-bond donors (Lipinski definition) is 0. The van der Waals surface area contributed by atoms with Gasteiger partial charge in [0.15, 0.2) is 0 Å². The molecule has 1 heterocycles. The Morgan fingerprint density at radius 1 is 0.865 bits per heavy atom. The fraction of sp³-hybridized carbons (Fsp3) is 0.156. The first kappa shape index (κ1) is 21.4. The molecular formula is C32H21N5. The van der Waals surface area contributed by atoms with Crippen molar-refractivity contribution in [1.29, 1.82) is 10.5 Å². The van der Waals surface area contributed by atoms with Crippen LogP contribution < -0.4 is 0 Å². The van der Waals surface area contributed by atoms with Crippen LogP contribution in [-0.4, -0.2) is 15.7 Å². The third kappa shape index (κ3) is 2.86. The average Bonchev–Trinajstić information content (AvgIpc) is 3.38. The molecule has 4 aromatic rings. The van der Waals surface area contributed by atoms with E-state index in [0.717, 1.165) is 73.7 Å². The van der Waals surface area contributed by atoms with Crippen LogP contribution in [0.2, 0.25) is 0 Å². The normalized spacial score (nSPS) is 16.2. The van der Waals surface area contributed by atoms with Gasteiger partial charge in [0.25, 0.3) is 0 Å². The molecular weight excluding hydrogens is 454 g/mol. The van der Waals surface area contributed by atoms with E-state index in [1.807, 2.05) is 38.1 Å². The van der Waals surface area contributed by atoms with Gasteiger partial charge in [0, 0.05) is 39.6 Å². The number of nitriles is 2. The standard InChI is InChI=1S/C32H21N5/c1-4-21-22-7-8-24-29-25(31-32(24)37-27-13-19(15-34)17(3)12-26(27)36-31)10-9-23(28(22)29)30(21)35-20-6-5-18(14-33)16(2)11-20/h5,7-13H,4,6H2,1-3H3. The molecule has 0 saturated carbocycles. The second-order valence-corrected chi connectivity index (χ2v) is 9.80. The van der Waals surface area contributed by atoms with Crippen molar-refractivity contribution in [1.82, 2.24) is 9.97 Å². The summed E-state index contributed by atoms with van der Waals surface area (Å²) in [4.78, 5) is 15.2. The van der Waals surface area contributed by atoms with Gasteiger partial charge in [0.2, 0.25) is 0 Å². The van der Waals surface area contributed by atoms with Gasteiger partial charge < -0.3 is 0 Å². The quantitative estimate of drug-likeness (QED) is 0.265. The van der Waals surface area contributed by atoms with Crippen molar-refractivity contribution < 1.29 is 0 Å². The predicted molar refractivity (Wildman–Crippen MR) is 148 cm³/mol. The zero-order valence-electron chi connectivity index (χ0n) is 20.8. The summed E-state index contributed by atoms with van der Waals surface area (Å²) in [5.41, 5.74) is 14.3. The summed E-state index contributed by atoms with van der Waals surface area (Å²) in [6.45, 7) is 6.08. The second-order valence-electron chi connectivity index (χ2n) is 9.80. The lowest BCUT2D eigenvalue weighted by atomic mass is 9.97. The highest BCUT2D eigenvalue weighted by atomic mass is 14.8. The summed E-state index contributed by atoms with van der Waals surface area (Å²) in [6, 6.07) is 17.0. The average molecular weight is 476 g/mol. The van der Waals surface area contributed by atoms with Gasteiger partial charge in [-0.15, -0.1) is 0 Å². The van der Waals surface area contributed by atoms with Crippen LogP contribution in [-0.2, 0) is 0 Å². The van der Waals surface area contributed by atoms with Crippen molar-refractivity contribution in [3.63, 3.8) is 0 Å². The van der Waals surface area contributed by atoms with E-state index in [0.29, 0.717) is 12.0 Å². The zero-order chi connectivity index (χ0) is 25.4. The van der Waals surface area contributed by atoms with Gasteiger partial charge >= 0.3 is 0 Å². The molecule has 1 aromatic heterocycles. The fourth-order valence-electron chi connectivity index (χ4n) is 5.93. The maximum atomic E-state index is 9.50. The number of aliphatic imine (C=N–C) groups is 1. The molecule has 0 aliphatic heterocycles. The van der Waals surface area contributed by atoms with Crippen LogP contribution in [0.3, 0.4) is 0 Å². The summed E-state index contributed by atoms with van der Waals surface area (Å²) in [7, 11) is 0. The molecule has 0 unspecified atom stereocenters. The van der Waals surface area contributed by atoms with Crippen molar-refractivity contribution in [2.75, 3.05) is 0 Å². The van der Waals surface area contributed by atoms with E-state index in [1.165, 1.54) is 21.9 Å². The number of fused-ring (bicyclic) bond motifs is 4. The van der Waals surface area contributed by atoms with Gasteiger partial charge in [-0.25, -0.2) is 9.97 Å². The number of allylic oxidation sites excluding steroid dienone is 5. The van der Waals surface area contributed by atoms with E-state index in [9.17, 15) is 10.5 Å². The van der Waals surface area contributed by atoms with Crippen molar-refractivity contribution in [2.45, 2.75) is 33.6 Å². The largest absolute Gasteiger partial charge is 0.252 e. The van der Waals surface area contributed by atoms with Crippen LogP contribution in [0.4, 0.5) is 0 Å². The lowest BCUT2D eigenvalue weighted by Crippen LogP contribution is -2.01. The first-order valence-electron chi connectivity index (χ1n) is 12.5. The van der Waals surface area contributed by atoms with Crippen molar-refractivity contribution in [3.8, 4) is 34.7 Å². The molecule has 3 aliphatic carbocycles. The van der Waals surface area contributed by atoms with Crippen LogP contribution in [0.15, 0.2) is 64.7 Å². The van der Waals surface area contributed by atoms with E-state index in [4.69, 9.17) is 15.0 Å². The SMILES string of the molecule is CCC1=C(N=C2C=C(C)C(C#N)=CC2)c2ccc3c4c(ccc1c24)-c1nc2cc(C#N)c(C)cc2nc1-3. The van der Waals surface area contributed by atoms with Crippen LogP contribution in [0.5, 0.6) is 0 Å². The summed E-state index contributed by atoms with van der Waals surface area (Å²) in [6.07, 6.45) is 5.52. The molecule has 0 spiro atoms. The smallest absolute Gasteiger partial charge is 0.0995 e. The molecule has 0 atom stereocenters. The molecule has 3 aliphatic rings. The number of nitrogens with zero attached hydrogens (tertiary/aromatic N) is 5. The van der Waals surface area contributed by atoms with Crippen molar-refractivity contribution >= 4 is 38.8 Å². The van der Waals surface area contributed by atoms with E-state index in [2.05, 4.69) is 43.3 Å². The Kier molecular flexibility index (Phi) is 4.38. The molecule has 37 heavy (non-hydrogen) atoms. The van der Waals surface area contributed by atoms with Crippen molar-refractivity contribution in [2.24, 2.45) is 4.99 Å². The van der Waals surface area contributed by atoms with E-state index in [1.54, 1.807) is 0 Å². The summed E-state index contributed by atoms with van der Waals surface area (Å²) in [5.74, 6) is 0. The first-order valence-corrected chi connectivity index (χ1v) is 12.5. The van der Waals surface area contributed by atoms with Crippen LogP contribution >= 0.6 is 0 Å². The van der Waals surface area contributed by atoms with Gasteiger partial charge in [-0.2, -0.15) is 10.5 Å². The molecule has 0 bridgehead atoms. The minimum atomic E-state index is 0.627. The molecule has 0 amide bonds. The monoisotopic (exact) mass is 475 g/mol. The third-order valence-electron chi connectivity index (χ3n) is 7.72. The third-order valence-corrected chi connectivity index (χ3v) is 7.72. The highest BCUT2D eigenvalue weighted by Crippen LogP contribution is 2.53. The van der Waals surface area contributed by atoms with Gasteiger partial charge in [-0.1, -0.05) is 37.3 Å². The Bertz CT molecular complexity index is 1970. The van der Waals surface area contributed by atoms with Crippen LogP contribution in [0.25, 0.3) is 55.6 Å². The zero-order valence-corrected chi connectivity index (χ0v) is 20.8. The maximum absolute atomic E-state index is 9.50. The Hall–Kier alpha value is -4.87. The molecule has 174 valence electrons. The molecule has 0 N–H and O–H groups in total. The van der Waals surface area contributed by atoms with Gasteiger partial charge in [-0.3, -0.25) is 4.99 Å². The lowest BCUT2D eigenvalue weighted by Gasteiger charge is -2.10. The highest BCUT2D eigenvalue weighted by molar-refractivity contribution is 6.24. The summed E-state index contributed by atoms with van der Waals surface area (Å²) in [5, 5.41) is 21.2. The number of hydrogen-bond acceptors (Lipinski definition) is 5. The Morgan fingerprint density at radius 3 is 2.16 bits per heavy atom. The Labute approximate surface area is 214 Å². The molecule has 0 saturated heterocycles. The Balaban J connectivity index is 1.44. The highest BCUT2D eigenvalue weighted by Gasteiger charge is 2.32. The number of aromatic nitrogens is 2. The summed E-state index contributed by atoms with van der Waals surface area (Å²) < 4.78 is 0. The molecule has 7 rings (SSSR count).